The van der Waals surface area contributed by atoms with Gasteiger partial charge in [-0.3, -0.25) is 9.69 Å². The zero-order valence-electron chi connectivity index (χ0n) is 16.4. The molecule has 2 saturated heterocycles. The van der Waals surface area contributed by atoms with Gasteiger partial charge in [-0.2, -0.15) is 0 Å². The summed E-state index contributed by atoms with van der Waals surface area (Å²) in [6.07, 6.45) is 0. The van der Waals surface area contributed by atoms with Gasteiger partial charge in [-0.1, -0.05) is 23.7 Å². The summed E-state index contributed by atoms with van der Waals surface area (Å²) in [6, 6.07) is 10.3. The summed E-state index contributed by atoms with van der Waals surface area (Å²) in [4.78, 5) is 16.7. The average Bonchev–Trinajstić information content (AvgIpc) is 3.27. The molecular formula is C21H21ClN2O5S. The van der Waals surface area contributed by atoms with E-state index in [9.17, 15) is 13.2 Å². The number of piperazine rings is 1. The molecule has 0 spiro atoms. The maximum Gasteiger partial charge on any atom is 0.241 e. The fourth-order valence-electron chi connectivity index (χ4n) is 4.47. The van der Waals surface area contributed by atoms with Crippen molar-refractivity contribution in [2.45, 2.75) is 25.6 Å². The molecule has 2 atom stereocenters. The molecule has 0 radical (unpaired) electrons. The van der Waals surface area contributed by atoms with E-state index >= 15 is 0 Å². The van der Waals surface area contributed by atoms with Crippen molar-refractivity contribution in [3.63, 3.8) is 0 Å². The standard InChI is InChI=1S/C21H21ClN2O5S/c1-13-2-4-15(7-16(13)22)24-18-11-30(26,27)10-17(18)23(9-21(24)25)8-14-3-5-19-20(6-14)29-12-28-19/h2-7,17-18H,8-12H2,1H3/t17-,18+/m0/s1. The van der Waals surface area contributed by atoms with Crippen LogP contribution in [0.15, 0.2) is 36.4 Å². The Morgan fingerprint density at radius 2 is 1.83 bits per heavy atom. The van der Waals surface area contributed by atoms with Crippen LogP contribution in [0.5, 0.6) is 11.5 Å². The molecule has 0 N–H and O–H groups in total. The highest BCUT2D eigenvalue weighted by Gasteiger charge is 2.49. The molecular weight excluding hydrogens is 428 g/mol. The second kappa shape index (κ2) is 7.14. The second-order valence-electron chi connectivity index (χ2n) is 8.00. The van der Waals surface area contributed by atoms with Crippen LogP contribution in [0.2, 0.25) is 5.02 Å². The van der Waals surface area contributed by atoms with Crippen molar-refractivity contribution in [2.24, 2.45) is 0 Å². The summed E-state index contributed by atoms with van der Waals surface area (Å²) in [5.41, 5.74) is 2.50. The molecule has 0 unspecified atom stereocenters. The summed E-state index contributed by atoms with van der Waals surface area (Å²) in [7, 11) is -3.26. The molecule has 0 aromatic heterocycles. The molecule has 0 aliphatic carbocycles. The summed E-state index contributed by atoms with van der Waals surface area (Å²) in [6.45, 7) is 2.68. The number of rotatable bonds is 3. The van der Waals surface area contributed by atoms with Gasteiger partial charge in [-0.25, -0.2) is 8.42 Å². The number of halogens is 1. The summed E-state index contributed by atoms with van der Waals surface area (Å²) >= 11 is 6.27. The van der Waals surface area contributed by atoms with Gasteiger partial charge in [0.25, 0.3) is 0 Å². The van der Waals surface area contributed by atoms with E-state index < -0.39 is 15.9 Å². The minimum atomic E-state index is -3.26. The van der Waals surface area contributed by atoms with E-state index in [1.54, 1.807) is 11.0 Å². The number of anilines is 1. The Kier molecular flexibility index (Phi) is 4.68. The zero-order valence-corrected chi connectivity index (χ0v) is 17.9. The number of sulfone groups is 1. The van der Waals surface area contributed by atoms with Crippen LogP contribution in [-0.2, 0) is 21.2 Å². The van der Waals surface area contributed by atoms with Gasteiger partial charge in [0.05, 0.1) is 24.1 Å². The Labute approximate surface area is 180 Å². The molecule has 0 saturated carbocycles. The second-order valence-corrected chi connectivity index (χ2v) is 10.6. The number of hydrogen-bond acceptors (Lipinski definition) is 6. The van der Waals surface area contributed by atoms with Gasteiger partial charge < -0.3 is 14.4 Å². The first-order valence-electron chi connectivity index (χ1n) is 9.72. The molecule has 3 aliphatic rings. The summed E-state index contributed by atoms with van der Waals surface area (Å²) in [5, 5.41) is 0.556. The number of nitrogens with zero attached hydrogens (tertiary/aromatic N) is 2. The molecule has 158 valence electrons. The van der Waals surface area contributed by atoms with E-state index in [1.165, 1.54) is 0 Å². The van der Waals surface area contributed by atoms with Crippen LogP contribution in [0.4, 0.5) is 5.69 Å². The Morgan fingerprint density at radius 1 is 1.07 bits per heavy atom. The average molecular weight is 449 g/mol. The normalized spacial score (nSPS) is 24.9. The number of hydrogen-bond donors (Lipinski definition) is 0. The van der Waals surface area contributed by atoms with E-state index in [2.05, 4.69) is 0 Å². The van der Waals surface area contributed by atoms with Crippen molar-refractivity contribution in [3.8, 4) is 11.5 Å². The molecule has 3 heterocycles. The number of aryl methyl sites for hydroxylation is 1. The minimum absolute atomic E-state index is 0.0333. The van der Waals surface area contributed by atoms with Crippen LogP contribution in [-0.4, -0.2) is 56.2 Å². The van der Waals surface area contributed by atoms with Crippen molar-refractivity contribution < 1.29 is 22.7 Å². The van der Waals surface area contributed by atoms with Gasteiger partial charge in [0, 0.05) is 23.3 Å². The monoisotopic (exact) mass is 448 g/mol. The van der Waals surface area contributed by atoms with E-state index in [0.29, 0.717) is 28.8 Å². The Hall–Kier alpha value is -2.29. The van der Waals surface area contributed by atoms with Gasteiger partial charge in [0.2, 0.25) is 12.7 Å². The van der Waals surface area contributed by atoms with Crippen molar-refractivity contribution in [1.29, 1.82) is 0 Å². The lowest BCUT2D eigenvalue weighted by Gasteiger charge is -2.43. The molecule has 0 bridgehead atoms. The first-order valence-corrected chi connectivity index (χ1v) is 11.9. The maximum atomic E-state index is 13.1. The van der Waals surface area contributed by atoms with E-state index in [1.807, 2.05) is 42.2 Å². The number of benzene rings is 2. The largest absolute Gasteiger partial charge is 0.454 e. The third kappa shape index (κ3) is 3.42. The number of ether oxygens (including phenoxy) is 2. The number of amides is 1. The number of fused-ring (bicyclic) bond motifs is 2. The fraction of sp³-hybridized carbons (Fsp3) is 0.381. The summed E-state index contributed by atoms with van der Waals surface area (Å²) in [5.74, 6) is 1.21. The predicted octanol–water partition coefficient (Wildman–Crippen LogP) is 2.39. The van der Waals surface area contributed by atoms with Crippen LogP contribution in [0, 0.1) is 6.92 Å². The highest BCUT2D eigenvalue weighted by Crippen LogP contribution is 2.36. The van der Waals surface area contributed by atoms with Crippen molar-refractivity contribution in [2.75, 3.05) is 29.7 Å². The van der Waals surface area contributed by atoms with Gasteiger partial charge in [0.15, 0.2) is 21.3 Å². The van der Waals surface area contributed by atoms with Gasteiger partial charge >= 0.3 is 0 Å². The highest BCUT2D eigenvalue weighted by atomic mass is 35.5. The quantitative estimate of drug-likeness (QED) is 0.717. The van der Waals surface area contributed by atoms with Crippen molar-refractivity contribution in [1.82, 2.24) is 4.90 Å². The minimum Gasteiger partial charge on any atom is -0.454 e. The lowest BCUT2D eigenvalue weighted by Crippen LogP contribution is -2.61. The zero-order chi connectivity index (χ0) is 21.0. The number of carbonyl (C=O) groups is 1. The molecule has 30 heavy (non-hydrogen) atoms. The highest BCUT2D eigenvalue weighted by molar-refractivity contribution is 7.91. The van der Waals surface area contributed by atoms with Crippen LogP contribution in [0.25, 0.3) is 0 Å². The molecule has 3 aliphatic heterocycles. The Morgan fingerprint density at radius 3 is 2.63 bits per heavy atom. The molecule has 2 fully saturated rings. The van der Waals surface area contributed by atoms with Crippen LogP contribution in [0.3, 0.4) is 0 Å². The molecule has 2 aromatic carbocycles. The van der Waals surface area contributed by atoms with Gasteiger partial charge in [-0.05, 0) is 42.3 Å². The SMILES string of the molecule is Cc1ccc(N2C(=O)CN(Cc3ccc4c(c3)OCO4)[C@H]3CS(=O)(=O)C[C@H]32)cc1Cl. The molecule has 9 heteroatoms. The van der Waals surface area contributed by atoms with E-state index in [0.717, 1.165) is 11.1 Å². The fourth-order valence-corrected chi connectivity index (χ4v) is 6.63. The van der Waals surface area contributed by atoms with Crippen LogP contribution in [0.1, 0.15) is 11.1 Å². The predicted molar refractivity (Wildman–Crippen MR) is 113 cm³/mol. The molecule has 1 amide bonds. The lowest BCUT2D eigenvalue weighted by atomic mass is 10.0. The number of carbonyl (C=O) groups excluding carboxylic acids is 1. The van der Waals surface area contributed by atoms with E-state index in [-0.39, 0.29) is 36.8 Å². The van der Waals surface area contributed by atoms with Crippen LogP contribution >= 0.6 is 11.6 Å². The van der Waals surface area contributed by atoms with Gasteiger partial charge in [-0.15, -0.1) is 0 Å². The Balaban J connectivity index is 1.46. The molecule has 7 nitrogen and oxygen atoms in total. The Bertz CT molecular complexity index is 1140. The third-order valence-electron chi connectivity index (χ3n) is 5.96. The molecule has 2 aromatic rings. The van der Waals surface area contributed by atoms with Crippen LogP contribution < -0.4 is 14.4 Å². The first kappa shape index (κ1) is 19.7. The maximum absolute atomic E-state index is 13.1. The van der Waals surface area contributed by atoms with E-state index in [4.69, 9.17) is 21.1 Å². The smallest absolute Gasteiger partial charge is 0.241 e. The lowest BCUT2D eigenvalue weighted by molar-refractivity contribution is -0.123. The van der Waals surface area contributed by atoms with Gasteiger partial charge in [0.1, 0.15) is 0 Å². The van der Waals surface area contributed by atoms with Crippen molar-refractivity contribution in [3.05, 3.63) is 52.5 Å². The third-order valence-corrected chi connectivity index (χ3v) is 8.06. The topological polar surface area (TPSA) is 76.2 Å². The molecule has 5 rings (SSSR count). The first-order chi connectivity index (χ1) is 14.3. The van der Waals surface area contributed by atoms with Crippen molar-refractivity contribution >= 4 is 33.0 Å². The summed E-state index contributed by atoms with van der Waals surface area (Å²) < 4.78 is 35.8.